The standard InChI is InChI=1S/C21H23NO4S/c1-4-5-12-26-21-14-17(8-11-20(21)25-3)13-19(15-22)27(23,24)18-9-6-16(2)7-10-18/h6-11,13-14H,4-5,12H2,1-3H3/b19-13+. The van der Waals surface area contributed by atoms with E-state index < -0.39 is 9.84 Å². The zero-order chi connectivity index (χ0) is 19.9. The van der Waals surface area contributed by atoms with Crippen molar-refractivity contribution in [3.63, 3.8) is 0 Å². The Balaban J connectivity index is 2.40. The number of ether oxygens (including phenoxy) is 2. The molecule has 27 heavy (non-hydrogen) atoms. The Morgan fingerprint density at radius 2 is 1.85 bits per heavy atom. The Morgan fingerprint density at radius 1 is 1.15 bits per heavy atom. The summed E-state index contributed by atoms with van der Waals surface area (Å²) in [5.41, 5.74) is 1.50. The summed E-state index contributed by atoms with van der Waals surface area (Å²) >= 11 is 0. The summed E-state index contributed by atoms with van der Waals surface area (Å²) in [6.07, 6.45) is 3.24. The van der Waals surface area contributed by atoms with E-state index in [9.17, 15) is 13.7 Å². The third kappa shape index (κ3) is 5.11. The number of rotatable bonds is 8. The van der Waals surface area contributed by atoms with Gasteiger partial charge in [-0.25, -0.2) is 8.42 Å². The molecule has 6 heteroatoms. The molecule has 0 aliphatic rings. The third-order valence-corrected chi connectivity index (χ3v) is 5.65. The number of allylic oxidation sites excluding steroid dienone is 1. The van der Waals surface area contributed by atoms with Crippen molar-refractivity contribution in [3.05, 3.63) is 58.5 Å². The quantitative estimate of drug-likeness (QED) is 0.493. The van der Waals surface area contributed by atoms with Gasteiger partial charge in [0.05, 0.1) is 18.6 Å². The van der Waals surface area contributed by atoms with Gasteiger partial charge in [-0.1, -0.05) is 37.1 Å². The van der Waals surface area contributed by atoms with Gasteiger partial charge in [0.15, 0.2) is 11.5 Å². The molecule has 0 atom stereocenters. The summed E-state index contributed by atoms with van der Waals surface area (Å²) in [6, 6.07) is 13.3. The van der Waals surface area contributed by atoms with Gasteiger partial charge in [0, 0.05) is 0 Å². The maximum Gasteiger partial charge on any atom is 0.216 e. The average Bonchev–Trinajstić information content (AvgIpc) is 2.66. The fourth-order valence-electron chi connectivity index (χ4n) is 2.39. The van der Waals surface area contributed by atoms with Crippen LogP contribution in [-0.2, 0) is 9.84 Å². The van der Waals surface area contributed by atoms with E-state index >= 15 is 0 Å². The Morgan fingerprint density at radius 3 is 2.44 bits per heavy atom. The fourth-order valence-corrected chi connectivity index (χ4v) is 3.55. The first kappa shape index (κ1) is 20.5. The van der Waals surface area contributed by atoms with Crippen molar-refractivity contribution in [2.75, 3.05) is 13.7 Å². The summed E-state index contributed by atoms with van der Waals surface area (Å²) < 4.78 is 36.5. The molecule has 0 aliphatic heterocycles. The molecule has 0 unspecified atom stereocenters. The summed E-state index contributed by atoms with van der Waals surface area (Å²) in [6.45, 7) is 4.47. The first-order valence-corrected chi connectivity index (χ1v) is 10.1. The van der Waals surface area contributed by atoms with E-state index in [0.29, 0.717) is 23.7 Å². The average molecular weight is 385 g/mol. The van der Waals surface area contributed by atoms with Crippen molar-refractivity contribution in [1.82, 2.24) is 0 Å². The highest BCUT2D eigenvalue weighted by atomic mass is 32.2. The van der Waals surface area contributed by atoms with Crippen LogP contribution in [0.1, 0.15) is 30.9 Å². The Kier molecular flexibility index (Phi) is 7.03. The molecule has 0 aromatic heterocycles. The lowest BCUT2D eigenvalue weighted by molar-refractivity contribution is 0.288. The molecule has 0 saturated heterocycles. The minimum atomic E-state index is -3.89. The number of benzene rings is 2. The van der Waals surface area contributed by atoms with Crippen molar-refractivity contribution in [2.24, 2.45) is 0 Å². The van der Waals surface area contributed by atoms with Gasteiger partial charge in [-0.15, -0.1) is 0 Å². The summed E-state index contributed by atoms with van der Waals surface area (Å²) in [4.78, 5) is -0.232. The topological polar surface area (TPSA) is 76.4 Å². The number of hydrogen-bond acceptors (Lipinski definition) is 5. The van der Waals surface area contributed by atoms with Crippen molar-refractivity contribution >= 4 is 15.9 Å². The lowest BCUT2D eigenvalue weighted by atomic mass is 10.2. The molecule has 142 valence electrons. The van der Waals surface area contributed by atoms with Crippen LogP contribution < -0.4 is 9.47 Å². The highest BCUT2D eigenvalue weighted by molar-refractivity contribution is 7.95. The van der Waals surface area contributed by atoms with E-state index in [1.807, 2.05) is 6.92 Å². The number of nitrogens with zero attached hydrogens (tertiary/aromatic N) is 1. The van der Waals surface area contributed by atoms with E-state index in [4.69, 9.17) is 9.47 Å². The second-order valence-electron chi connectivity index (χ2n) is 6.05. The molecule has 0 fully saturated rings. The summed E-state index contributed by atoms with van der Waals surface area (Å²) in [7, 11) is -2.35. The number of methoxy groups -OCH3 is 1. The smallest absolute Gasteiger partial charge is 0.216 e. The predicted octanol–water partition coefficient (Wildman–Crippen LogP) is 4.52. The highest BCUT2D eigenvalue weighted by Gasteiger charge is 2.21. The molecule has 0 saturated carbocycles. The lowest BCUT2D eigenvalue weighted by Gasteiger charge is -2.11. The second kappa shape index (κ2) is 9.24. The van der Waals surface area contributed by atoms with Crippen molar-refractivity contribution in [1.29, 1.82) is 5.26 Å². The van der Waals surface area contributed by atoms with E-state index in [1.54, 1.807) is 43.5 Å². The highest BCUT2D eigenvalue weighted by Crippen LogP contribution is 2.30. The largest absolute Gasteiger partial charge is 0.493 e. The molecule has 0 bridgehead atoms. The van der Waals surface area contributed by atoms with Crippen LogP contribution in [0.5, 0.6) is 11.5 Å². The first-order valence-electron chi connectivity index (χ1n) is 8.66. The van der Waals surface area contributed by atoms with Crippen molar-refractivity contribution in [3.8, 4) is 17.6 Å². The zero-order valence-electron chi connectivity index (χ0n) is 15.7. The number of hydrogen-bond donors (Lipinski definition) is 0. The molecule has 2 aromatic carbocycles. The van der Waals surface area contributed by atoms with Gasteiger partial charge in [0.1, 0.15) is 11.0 Å². The minimum Gasteiger partial charge on any atom is -0.493 e. The van der Waals surface area contributed by atoms with Gasteiger partial charge in [-0.05, 0) is 49.2 Å². The van der Waals surface area contributed by atoms with E-state index in [-0.39, 0.29) is 9.80 Å². The van der Waals surface area contributed by atoms with Gasteiger partial charge in [0.25, 0.3) is 0 Å². The van der Waals surface area contributed by atoms with Crippen LogP contribution in [0.2, 0.25) is 0 Å². The van der Waals surface area contributed by atoms with Crippen LogP contribution >= 0.6 is 0 Å². The van der Waals surface area contributed by atoms with E-state index in [2.05, 4.69) is 6.92 Å². The lowest BCUT2D eigenvalue weighted by Crippen LogP contribution is -2.04. The summed E-state index contributed by atoms with van der Waals surface area (Å²) in [5.74, 6) is 1.08. The predicted molar refractivity (Wildman–Crippen MR) is 105 cm³/mol. The van der Waals surface area contributed by atoms with Crippen LogP contribution in [0.3, 0.4) is 0 Å². The number of nitriles is 1. The number of sulfone groups is 1. The van der Waals surface area contributed by atoms with Gasteiger partial charge in [-0.3, -0.25) is 0 Å². The molecule has 0 heterocycles. The van der Waals surface area contributed by atoms with E-state index in [0.717, 1.165) is 18.4 Å². The normalized spacial score (nSPS) is 11.7. The monoisotopic (exact) mass is 385 g/mol. The molecule has 5 nitrogen and oxygen atoms in total. The Labute approximate surface area is 160 Å². The Bertz CT molecular complexity index is 955. The minimum absolute atomic E-state index is 0.0915. The zero-order valence-corrected chi connectivity index (χ0v) is 16.5. The van der Waals surface area contributed by atoms with Crippen LogP contribution in [0.4, 0.5) is 0 Å². The molecular weight excluding hydrogens is 362 g/mol. The van der Waals surface area contributed by atoms with Crippen LogP contribution in [-0.4, -0.2) is 22.1 Å². The molecule has 2 rings (SSSR count). The van der Waals surface area contributed by atoms with Gasteiger partial charge in [-0.2, -0.15) is 5.26 Å². The van der Waals surface area contributed by atoms with Crippen LogP contribution in [0.15, 0.2) is 52.3 Å². The van der Waals surface area contributed by atoms with Crippen molar-refractivity contribution < 1.29 is 17.9 Å². The SMILES string of the molecule is CCCCOc1cc(/C=C(\C#N)S(=O)(=O)c2ccc(C)cc2)ccc1OC. The van der Waals surface area contributed by atoms with Crippen LogP contribution in [0, 0.1) is 18.3 Å². The molecule has 0 spiro atoms. The molecule has 2 aromatic rings. The fraction of sp³-hybridized carbons (Fsp3) is 0.286. The molecule has 0 N–H and O–H groups in total. The Hall–Kier alpha value is -2.78. The molecule has 0 amide bonds. The second-order valence-corrected chi connectivity index (χ2v) is 7.97. The summed E-state index contributed by atoms with van der Waals surface area (Å²) in [5, 5.41) is 9.43. The molecular formula is C21H23NO4S. The van der Waals surface area contributed by atoms with E-state index in [1.165, 1.54) is 18.2 Å². The molecule has 0 radical (unpaired) electrons. The number of unbranched alkanes of at least 4 members (excludes halogenated alkanes) is 1. The van der Waals surface area contributed by atoms with Gasteiger partial charge < -0.3 is 9.47 Å². The third-order valence-electron chi connectivity index (χ3n) is 3.97. The van der Waals surface area contributed by atoms with Crippen molar-refractivity contribution in [2.45, 2.75) is 31.6 Å². The molecule has 0 aliphatic carbocycles. The van der Waals surface area contributed by atoms with Gasteiger partial charge >= 0.3 is 0 Å². The van der Waals surface area contributed by atoms with Crippen LogP contribution in [0.25, 0.3) is 6.08 Å². The maximum absolute atomic E-state index is 12.8. The number of aryl methyl sites for hydroxylation is 1. The maximum atomic E-state index is 12.8. The van der Waals surface area contributed by atoms with Gasteiger partial charge in [0.2, 0.25) is 9.84 Å². The first-order chi connectivity index (χ1) is 12.9.